The standard InChI is InChI=1S/C16H19N5O2S/c1-11-14(24-20-19-11)9-18-16(23)21-8-4-5-12(10-21)15(22)13-6-2-3-7-17-13/h2-3,6-7,12H,4-5,8-10H2,1H3,(H,18,23)/t12-/m1/s1. The number of Topliss-reactive ketones (excluding diaryl/α,β-unsaturated/α-hetero) is 1. The molecule has 0 spiro atoms. The van der Waals surface area contributed by atoms with Gasteiger partial charge in [-0.25, -0.2) is 4.79 Å². The molecular weight excluding hydrogens is 326 g/mol. The van der Waals surface area contributed by atoms with Crippen LogP contribution in [0, 0.1) is 12.8 Å². The van der Waals surface area contributed by atoms with Gasteiger partial charge in [0.05, 0.1) is 17.1 Å². The predicted molar refractivity (Wildman–Crippen MR) is 89.7 cm³/mol. The van der Waals surface area contributed by atoms with Crippen molar-refractivity contribution in [2.45, 2.75) is 26.3 Å². The first-order valence-electron chi connectivity index (χ1n) is 7.91. The van der Waals surface area contributed by atoms with Crippen LogP contribution in [0.5, 0.6) is 0 Å². The summed E-state index contributed by atoms with van der Waals surface area (Å²) >= 11 is 1.28. The quantitative estimate of drug-likeness (QED) is 0.857. The number of carbonyl (C=O) groups is 2. The summed E-state index contributed by atoms with van der Waals surface area (Å²) in [5, 5.41) is 6.81. The molecule has 24 heavy (non-hydrogen) atoms. The van der Waals surface area contributed by atoms with Gasteiger partial charge in [0.2, 0.25) is 0 Å². The van der Waals surface area contributed by atoms with E-state index in [1.807, 2.05) is 6.92 Å². The molecule has 2 aromatic heterocycles. The van der Waals surface area contributed by atoms with Gasteiger partial charge in [0.1, 0.15) is 5.69 Å². The Bertz CT molecular complexity index is 718. The van der Waals surface area contributed by atoms with Crippen molar-refractivity contribution in [3.63, 3.8) is 0 Å². The number of aromatic nitrogens is 3. The highest BCUT2D eigenvalue weighted by molar-refractivity contribution is 7.05. The van der Waals surface area contributed by atoms with Gasteiger partial charge in [-0.2, -0.15) is 0 Å². The minimum atomic E-state index is -0.189. The Morgan fingerprint density at radius 2 is 2.29 bits per heavy atom. The summed E-state index contributed by atoms with van der Waals surface area (Å²) in [5.74, 6) is -0.179. The third kappa shape index (κ3) is 3.76. The van der Waals surface area contributed by atoms with Gasteiger partial charge in [0.25, 0.3) is 0 Å². The second-order valence-electron chi connectivity index (χ2n) is 5.80. The largest absolute Gasteiger partial charge is 0.333 e. The van der Waals surface area contributed by atoms with E-state index in [9.17, 15) is 9.59 Å². The van der Waals surface area contributed by atoms with Gasteiger partial charge >= 0.3 is 6.03 Å². The van der Waals surface area contributed by atoms with E-state index in [-0.39, 0.29) is 17.7 Å². The number of piperidine rings is 1. The molecule has 2 aromatic rings. The minimum Gasteiger partial charge on any atom is -0.333 e. The number of ketones is 1. The van der Waals surface area contributed by atoms with Crippen molar-refractivity contribution in [2.75, 3.05) is 13.1 Å². The molecule has 0 aromatic carbocycles. The van der Waals surface area contributed by atoms with Gasteiger partial charge < -0.3 is 10.2 Å². The van der Waals surface area contributed by atoms with E-state index in [4.69, 9.17) is 0 Å². The summed E-state index contributed by atoms with van der Waals surface area (Å²) in [5.41, 5.74) is 1.30. The molecule has 1 N–H and O–H groups in total. The second-order valence-corrected chi connectivity index (χ2v) is 6.64. The van der Waals surface area contributed by atoms with Crippen LogP contribution < -0.4 is 5.32 Å². The van der Waals surface area contributed by atoms with Crippen molar-refractivity contribution in [3.05, 3.63) is 40.7 Å². The highest BCUT2D eigenvalue weighted by Crippen LogP contribution is 2.20. The molecule has 126 valence electrons. The van der Waals surface area contributed by atoms with Crippen LogP contribution >= 0.6 is 11.5 Å². The fourth-order valence-electron chi connectivity index (χ4n) is 2.77. The van der Waals surface area contributed by atoms with Crippen molar-refractivity contribution in [2.24, 2.45) is 5.92 Å². The van der Waals surface area contributed by atoms with Gasteiger partial charge in [-0.3, -0.25) is 9.78 Å². The maximum absolute atomic E-state index is 12.5. The molecule has 1 aliphatic heterocycles. The number of pyridine rings is 1. The molecule has 1 fully saturated rings. The Labute approximate surface area is 144 Å². The Balaban J connectivity index is 1.58. The van der Waals surface area contributed by atoms with E-state index in [1.165, 1.54) is 11.5 Å². The van der Waals surface area contributed by atoms with Crippen LogP contribution in [0.4, 0.5) is 4.79 Å². The molecule has 0 radical (unpaired) electrons. The van der Waals surface area contributed by atoms with Crippen LogP contribution in [0.2, 0.25) is 0 Å². The lowest BCUT2D eigenvalue weighted by Gasteiger charge is -2.31. The second kappa shape index (κ2) is 7.48. The van der Waals surface area contributed by atoms with Gasteiger partial charge in [-0.1, -0.05) is 10.6 Å². The Morgan fingerprint density at radius 1 is 1.42 bits per heavy atom. The molecule has 0 saturated carbocycles. The molecule has 1 atom stereocenters. The molecule has 0 unspecified atom stereocenters. The molecule has 3 heterocycles. The van der Waals surface area contributed by atoms with Gasteiger partial charge in [-0.05, 0) is 43.4 Å². The van der Waals surface area contributed by atoms with Gasteiger partial charge in [0.15, 0.2) is 5.78 Å². The summed E-state index contributed by atoms with van der Waals surface area (Å²) in [7, 11) is 0. The maximum atomic E-state index is 12.5. The number of carbonyl (C=O) groups excluding carboxylic acids is 2. The van der Waals surface area contributed by atoms with Crippen LogP contribution in [0.1, 0.15) is 33.9 Å². The van der Waals surface area contributed by atoms with Crippen molar-refractivity contribution in [1.29, 1.82) is 0 Å². The summed E-state index contributed by atoms with van der Waals surface area (Å²) < 4.78 is 3.86. The van der Waals surface area contributed by atoms with Crippen molar-refractivity contribution < 1.29 is 9.59 Å². The highest BCUT2D eigenvalue weighted by Gasteiger charge is 2.29. The first-order chi connectivity index (χ1) is 11.6. The number of nitrogens with zero attached hydrogens (tertiary/aromatic N) is 4. The van der Waals surface area contributed by atoms with Crippen molar-refractivity contribution in [1.82, 2.24) is 24.8 Å². The fraction of sp³-hybridized carbons (Fsp3) is 0.438. The molecule has 7 nitrogen and oxygen atoms in total. The smallest absolute Gasteiger partial charge is 0.317 e. The minimum absolute atomic E-state index is 0.00982. The number of rotatable bonds is 4. The summed E-state index contributed by atoms with van der Waals surface area (Å²) in [4.78, 5) is 31.7. The molecule has 3 rings (SSSR count). The van der Waals surface area contributed by atoms with Crippen LogP contribution in [-0.4, -0.2) is 44.4 Å². The molecule has 0 bridgehead atoms. The number of urea groups is 1. The van der Waals surface area contributed by atoms with Crippen LogP contribution in [0.25, 0.3) is 0 Å². The SMILES string of the molecule is Cc1nnsc1CNC(=O)N1CCC[C@@H](C(=O)c2ccccn2)C1. The van der Waals surface area contributed by atoms with E-state index in [0.717, 1.165) is 23.4 Å². The van der Waals surface area contributed by atoms with Crippen LogP contribution in [-0.2, 0) is 6.54 Å². The van der Waals surface area contributed by atoms with E-state index in [0.29, 0.717) is 25.3 Å². The van der Waals surface area contributed by atoms with Gasteiger partial charge in [-0.15, -0.1) is 5.10 Å². The maximum Gasteiger partial charge on any atom is 0.317 e. The average Bonchev–Trinajstić information content (AvgIpc) is 3.05. The van der Waals surface area contributed by atoms with E-state index < -0.39 is 0 Å². The lowest BCUT2D eigenvalue weighted by Crippen LogP contribution is -2.46. The average molecular weight is 345 g/mol. The zero-order valence-electron chi connectivity index (χ0n) is 13.4. The number of amides is 2. The summed E-state index contributed by atoms with van der Waals surface area (Å²) in [6.07, 6.45) is 3.22. The number of hydrogen-bond donors (Lipinski definition) is 1. The van der Waals surface area contributed by atoms with E-state index in [1.54, 1.807) is 29.3 Å². The number of likely N-dealkylation sites (tertiary alicyclic amines) is 1. The first-order valence-corrected chi connectivity index (χ1v) is 8.68. The van der Waals surface area contributed by atoms with Crippen LogP contribution in [0.3, 0.4) is 0 Å². The molecule has 1 saturated heterocycles. The van der Waals surface area contributed by atoms with Gasteiger partial charge in [0, 0.05) is 25.2 Å². The number of hydrogen-bond acceptors (Lipinski definition) is 6. The third-order valence-electron chi connectivity index (χ3n) is 4.14. The van der Waals surface area contributed by atoms with E-state index in [2.05, 4.69) is 19.9 Å². The number of aryl methyl sites for hydroxylation is 1. The third-order valence-corrected chi connectivity index (χ3v) is 4.97. The number of nitrogens with one attached hydrogen (secondary N) is 1. The molecule has 2 amide bonds. The Kier molecular flexibility index (Phi) is 5.14. The summed E-state index contributed by atoms with van der Waals surface area (Å²) in [6, 6.07) is 5.16. The highest BCUT2D eigenvalue weighted by atomic mass is 32.1. The molecule has 8 heteroatoms. The lowest BCUT2D eigenvalue weighted by molar-refractivity contribution is 0.0840. The molecule has 0 aliphatic carbocycles. The van der Waals surface area contributed by atoms with Crippen molar-refractivity contribution in [3.8, 4) is 0 Å². The first kappa shape index (κ1) is 16.5. The topological polar surface area (TPSA) is 88.1 Å². The summed E-state index contributed by atoms with van der Waals surface area (Å²) in [6.45, 7) is 3.38. The van der Waals surface area contributed by atoms with Crippen molar-refractivity contribution >= 4 is 23.3 Å². The lowest BCUT2D eigenvalue weighted by atomic mass is 9.92. The normalized spacial score (nSPS) is 17.5. The molecular formula is C16H19N5O2S. The molecule has 1 aliphatic rings. The monoisotopic (exact) mass is 345 g/mol. The predicted octanol–water partition coefficient (Wildman–Crippen LogP) is 2.05. The van der Waals surface area contributed by atoms with E-state index >= 15 is 0 Å². The zero-order valence-corrected chi connectivity index (χ0v) is 14.3. The Morgan fingerprint density at radius 3 is 3.00 bits per heavy atom. The zero-order chi connectivity index (χ0) is 16.9. The van der Waals surface area contributed by atoms with Crippen LogP contribution in [0.15, 0.2) is 24.4 Å². The fourth-order valence-corrected chi connectivity index (χ4v) is 3.35. The Hall–Kier alpha value is -2.35.